The van der Waals surface area contributed by atoms with E-state index in [0.717, 1.165) is 44.9 Å². The van der Waals surface area contributed by atoms with Gasteiger partial charge in [0.15, 0.2) is 0 Å². The van der Waals surface area contributed by atoms with Gasteiger partial charge in [-0.05, 0) is 46.9 Å². The number of fused-ring (bicyclic) bond motifs is 2. The van der Waals surface area contributed by atoms with E-state index in [1.54, 1.807) is 18.3 Å². The van der Waals surface area contributed by atoms with E-state index in [1.807, 2.05) is 11.8 Å². The lowest BCUT2D eigenvalue weighted by molar-refractivity contribution is 0.0697. The van der Waals surface area contributed by atoms with Crippen LogP contribution >= 0.6 is 36.6 Å². The van der Waals surface area contributed by atoms with Crippen molar-refractivity contribution in [2.24, 2.45) is 0 Å². The summed E-state index contributed by atoms with van der Waals surface area (Å²) in [6, 6.07) is 20.8. The highest BCUT2D eigenvalue weighted by Gasteiger charge is 2.22. The summed E-state index contributed by atoms with van der Waals surface area (Å²) in [6.45, 7) is 4.37. The van der Waals surface area contributed by atoms with Crippen molar-refractivity contribution in [1.29, 1.82) is 0 Å². The molecule has 2 aromatic carbocycles. The topological polar surface area (TPSA) is 56.7 Å². The smallest absolute Gasteiger partial charge is 0.339 e. The molecule has 8 heteroatoms. The highest BCUT2D eigenvalue weighted by molar-refractivity contribution is 7.98. The van der Waals surface area contributed by atoms with Gasteiger partial charge in [0, 0.05) is 49.6 Å². The molecule has 5 rings (SSSR count). The lowest BCUT2D eigenvalue weighted by Crippen LogP contribution is -2.47. The van der Waals surface area contributed by atoms with Gasteiger partial charge in [-0.3, -0.25) is 4.90 Å². The van der Waals surface area contributed by atoms with Gasteiger partial charge in [0.05, 0.1) is 0 Å². The largest absolute Gasteiger partial charge is 0.478 e. The average molecular weight is 531 g/mol. The van der Waals surface area contributed by atoms with Crippen molar-refractivity contribution >= 4 is 53.9 Å². The van der Waals surface area contributed by atoms with Crippen molar-refractivity contribution in [3.63, 3.8) is 0 Å². The first kappa shape index (κ1) is 27.1. The first-order chi connectivity index (χ1) is 16.2. The summed E-state index contributed by atoms with van der Waals surface area (Å²) in [4.78, 5) is 21.8. The zero-order chi connectivity index (χ0) is 22.6. The molecule has 0 radical (unpaired) electrons. The van der Waals surface area contributed by atoms with Crippen LogP contribution in [0.5, 0.6) is 0 Å². The van der Waals surface area contributed by atoms with E-state index in [2.05, 4.69) is 69.4 Å². The molecule has 1 saturated heterocycles. The van der Waals surface area contributed by atoms with Crippen molar-refractivity contribution in [1.82, 2.24) is 9.88 Å². The van der Waals surface area contributed by atoms with Gasteiger partial charge in [-0.1, -0.05) is 48.5 Å². The number of carboxylic acid groups (broad SMARTS) is 1. The number of aromatic carboxylic acids is 1. The van der Waals surface area contributed by atoms with E-state index < -0.39 is 5.97 Å². The second-order valence-electron chi connectivity index (χ2n) is 8.36. The number of carboxylic acids is 1. The summed E-state index contributed by atoms with van der Waals surface area (Å²) >= 11 is 1.91. The third-order valence-corrected chi connectivity index (χ3v) is 7.47. The van der Waals surface area contributed by atoms with Crippen LogP contribution in [0.25, 0.3) is 5.57 Å². The number of hydrogen-bond donors (Lipinski definition) is 1. The van der Waals surface area contributed by atoms with Crippen LogP contribution in [0.3, 0.4) is 0 Å². The van der Waals surface area contributed by atoms with Gasteiger partial charge in [-0.25, -0.2) is 9.78 Å². The quantitative estimate of drug-likeness (QED) is 0.445. The minimum atomic E-state index is -0.922. The fourth-order valence-electron chi connectivity index (χ4n) is 4.64. The number of carbonyl (C=O) groups is 1. The van der Waals surface area contributed by atoms with Crippen LogP contribution in [-0.2, 0) is 5.75 Å². The van der Waals surface area contributed by atoms with E-state index in [9.17, 15) is 9.90 Å². The molecule has 0 amide bonds. The van der Waals surface area contributed by atoms with Crippen LogP contribution in [-0.4, -0.2) is 53.7 Å². The van der Waals surface area contributed by atoms with Gasteiger partial charge in [0.2, 0.25) is 0 Å². The lowest BCUT2D eigenvalue weighted by Gasteiger charge is -2.35. The number of thioether (sulfide) groups is 1. The Labute approximate surface area is 223 Å². The van der Waals surface area contributed by atoms with Crippen LogP contribution in [0, 0.1) is 0 Å². The van der Waals surface area contributed by atoms with Crippen LogP contribution in [0.4, 0.5) is 5.82 Å². The third kappa shape index (κ3) is 6.01. The van der Waals surface area contributed by atoms with Crippen molar-refractivity contribution in [3.05, 3.63) is 95.2 Å². The summed E-state index contributed by atoms with van der Waals surface area (Å²) in [7, 11) is 0. The summed E-state index contributed by atoms with van der Waals surface area (Å²) < 4.78 is 0. The van der Waals surface area contributed by atoms with E-state index in [-0.39, 0.29) is 30.4 Å². The molecule has 3 heterocycles. The number of rotatable bonds is 5. The first-order valence-corrected chi connectivity index (χ1v) is 12.4. The maximum absolute atomic E-state index is 11.5. The predicted molar refractivity (Wildman–Crippen MR) is 148 cm³/mol. The molecule has 0 unspecified atom stereocenters. The highest BCUT2D eigenvalue weighted by Crippen LogP contribution is 2.40. The molecule has 0 bridgehead atoms. The minimum absolute atomic E-state index is 0. The highest BCUT2D eigenvalue weighted by atomic mass is 35.5. The molecule has 35 heavy (non-hydrogen) atoms. The van der Waals surface area contributed by atoms with Crippen molar-refractivity contribution < 1.29 is 9.90 Å². The maximum atomic E-state index is 11.5. The van der Waals surface area contributed by atoms with E-state index >= 15 is 0 Å². The Bertz CT molecular complexity index is 1150. The summed E-state index contributed by atoms with van der Waals surface area (Å²) in [5.41, 5.74) is 5.68. The molecular weight excluding hydrogens is 501 g/mol. The number of anilines is 1. The molecule has 1 aromatic heterocycles. The predicted octanol–water partition coefficient (Wildman–Crippen LogP) is 5.87. The summed E-state index contributed by atoms with van der Waals surface area (Å²) in [6.07, 6.45) is 5.05. The van der Waals surface area contributed by atoms with E-state index in [4.69, 9.17) is 0 Å². The number of piperazine rings is 1. The molecule has 1 N–H and O–H groups in total. The Balaban J connectivity index is 0.00000171. The molecule has 2 aliphatic rings. The molecule has 184 valence electrons. The molecule has 0 atom stereocenters. The molecule has 0 spiro atoms. The second-order valence-corrected chi connectivity index (χ2v) is 9.37. The SMILES string of the molecule is Cl.Cl.O=C(O)c1cccnc1N1CCN(CCC=C2c3ccccc3CSc3ccccc32)CC1. The molecule has 0 saturated carbocycles. The van der Waals surface area contributed by atoms with Crippen LogP contribution in [0.2, 0.25) is 0 Å². The first-order valence-electron chi connectivity index (χ1n) is 11.4. The van der Waals surface area contributed by atoms with E-state index in [1.165, 1.54) is 27.2 Å². The number of nitrogens with zero attached hydrogens (tertiary/aromatic N) is 3. The number of halogens is 2. The van der Waals surface area contributed by atoms with Gasteiger partial charge in [-0.2, -0.15) is 0 Å². The zero-order valence-corrected chi connectivity index (χ0v) is 21.7. The van der Waals surface area contributed by atoms with Crippen molar-refractivity contribution in [2.75, 3.05) is 37.6 Å². The third-order valence-electron chi connectivity index (χ3n) is 6.35. The Hall–Kier alpha value is -2.51. The number of pyridine rings is 1. The number of benzene rings is 2. The van der Waals surface area contributed by atoms with Gasteiger partial charge in [0.25, 0.3) is 0 Å². The molecule has 2 aliphatic heterocycles. The number of hydrogen-bond acceptors (Lipinski definition) is 5. The van der Waals surface area contributed by atoms with Gasteiger partial charge < -0.3 is 10.0 Å². The summed E-state index contributed by atoms with van der Waals surface area (Å²) in [5, 5.41) is 9.46. The van der Waals surface area contributed by atoms with Crippen LogP contribution in [0.15, 0.2) is 77.8 Å². The van der Waals surface area contributed by atoms with Crippen molar-refractivity contribution in [3.8, 4) is 0 Å². The van der Waals surface area contributed by atoms with E-state index in [0.29, 0.717) is 5.82 Å². The molecule has 5 nitrogen and oxygen atoms in total. The Morgan fingerprint density at radius 3 is 2.43 bits per heavy atom. The Kier molecular flexibility index (Phi) is 9.63. The Morgan fingerprint density at radius 1 is 0.943 bits per heavy atom. The molecule has 1 fully saturated rings. The monoisotopic (exact) mass is 529 g/mol. The summed E-state index contributed by atoms with van der Waals surface area (Å²) in [5.74, 6) is 0.656. The van der Waals surface area contributed by atoms with Gasteiger partial charge in [0.1, 0.15) is 11.4 Å². The Morgan fingerprint density at radius 2 is 1.66 bits per heavy atom. The molecule has 0 aliphatic carbocycles. The zero-order valence-electron chi connectivity index (χ0n) is 19.3. The van der Waals surface area contributed by atoms with Crippen LogP contribution < -0.4 is 4.90 Å². The number of aromatic nitrogens is 1. The fraction of sp³-hybridized carbons (Fsp3) is 0.259. The van der Waals surface area contributed by atoms with Gasteiger partial charge in [-0.15, -0.1) is 36.6 Å². The average Bonchev–Trinajstić information content (AvgIpc) is 3.02. The lowest BCUT2D eigenvalue weighted by atomic mass is 9.93. The maximum Gasteiger partial charge on any atom is 0.339 e. The molecular formula is C27H29Cl2N3O2S. The molecule has 3 aromatic rings. The van der Waals surface area contributed by atoms with Gasteiger partial charge >= 0.3 is 5.97 Å². The van der Waals surface area contributed by atoms with Crippen LogP contribution in [0.1, 0.15) is 33.5 Å². The second kappa shape index (κ2) is 12.5. The fourth-order valence-corrected chi connectivity index (χ4v) is 5.71. The van der Waals surface area contributed by atoms with Crippen molar-refractivity contribution in [2.45, 2.75) is 17.1 Å². The minimum Gasteiger partial charge on any atom is -0.478 e. The normalized spacial score (nSPS) is 16.3. The standard InChI is InChI=1S/C27H27N3O2S.2ClH/c31-27(32)24-10-5-13-28-26(24)30-17-15-29(16-18-30)14-6-11-22-21-8-2-1-7-20(21)19-33-25-12-4-3-9-23(22)25;;/h1-5,7-13H,6,14-19H2,(H,31,32);2*1H.